The molecule has 0 aliphatic rings. The second-order valence-electron chi connectivity index (χ2n) is 6.99. The topological polar surface area (TPSA) is 87.8 Å². The number of methoxy groups -OCH3 is 1. The number of aryl methyl sites for hydroxylation is 2. The van der Waals surface area contributed by atoms with Crippen LogP contribution in [0.1, 0.15) is 11.3 Å². The Morgan fingerprint density at radius 3 is 2.65 bits per heavy atom. The van der Waals surface area contributed by atoms with E-state index in [-0.39, 0.29) is 0 Å². The van der Waals surface area contributed by atoms with E-state index >= 15 is 0 Å². The predicted octanol–water partition coefficient (Wildman–Crippen LogP) is 5.92. The molecule has 2 aromatic heterocycles. The maximum atomic E-state index is 6.26. The number of hydrogen-bond donors (Lipinski definition) is 4. The van der Waals surface area contributed by atoms with Gasteiger partial charge in [-0.15, -0.1) is 12.6 Å². The molecule has 3 N–H and O–H groups in total. The number of anilines is 4. The Labute approximate surface area is 190 Å². The van der Waals surface area contributed by atoms with Crippen LogP contribution in [0.15, 0.2) is 53.6 Å². The predicted molar refractivity (Wildman–Crippen MR) is 127 cm³/mol. The van der Waals surface area contributed by atoms with Crippen molar-refractivity contribution in [1.82, 2.24) is 20.2 Å². The van der Waals surface area contributed by atoms with E-state index in [1.807, 2.05) is 56.3 Å². The van der Waals surface area contributed by atoms with E-state index < -0.39 is 0 Å². The fourth-order valence-corrected chi connectivity index (χ4v) is 3.54. The van der Waals surface area contributed by atoms with Gasteiger partial charge in [0, 0.05) is 16.7 Å². The fraction of sp³-hybridized carbons (Fsp3) is 0.136. The molecule has 0 radical (unpaired) electrons. The van der Waals surface area contributed by atoms with E-state index in [1.165, 1.54) is 6.20 Å². The first kappa shape index (κ1) is 21.0. The standard InChI is InChI=1S/C22H21ClN6OS/c1-12-7-18(19(30-3)10-16(12)14-5-4-6-15(31)9-14)25-22-24-11-17(23)21(27-22)26-20-8-13(2)28-29-20/h4-11,31H,1-3H3,(H3,24,25,26,27,28,29). The molecule has 0 atom stereocenters. The monoisotopic (exact) mass is 452 g/mol. The largest absolute Gasteiger partial charge is 0.495 e. The fourth-order valence-electron chi connectivity index (χ4n) is 3.18. The Morgan fingerprint density at radius 2 is 1.94 bits per heavy atom. The van der Waals surface area contributed by atoms with Crippen molar-refractivity contribution in [2.24, 2.45) is 0 Å². The highest BCUT2D eigenvalue weighted by atomic mass is 35.5. The van der Waals surface area contributed by atoms with Gasteiger partial charge in [-0.3, -0.25) is 5.10 Å². The first-order chi connectivity index (χ1) is 14.9. The first-order valence-corrected chi connectivity index (χ1v) is 10.3. The SMILES string of the molecule is COc1cc(-c2cccc(S)c2)c(C)cc1Nc1ncc(Cl)c(Nc2cc(C)[nH]n2)n1. The maximum absolute atomic E-state index is 6.26. The van der Waals surface area contributed by atoms with Gasteiger partial charge in [-0.05, 0) is 54.8 Å². The van der Waals surface area contributed by atoms with Crippen molar-refractivity contribution in [1.29, 1.82) is 0 Å². The number of ether oxygens (including phenoxy) is 1. The second-order valence-corrected chi connectivity index (χ2v) is 7.92. The quantitative estimate of drug-likeness (QED) is 0.271. The third kappa shape index (κ3) is 4.76. The second kappa shape index (κ2) is 8.87. The molecule has 0 bridgehead atoms. The summed E-state index contributed by atoms with van der Waals surface area (Å²) < 4.78 is 5.62. The number of H-pyrrole nitrogens is 1. The van der Waals surface area contributed by atoms with Crippen LogP contribution < -0.4 is 15.4 Å². The molecule has 4 rings (SSSR count). The number of thiol groups is 1. The number of aromatic nitrogens is 4. The van der Waals surface area contributed by atoms with Gasteiger partial charge >= 0.3 is 0 Å². The van der Waals surface area contributed by atoms with Gasteiger partial charge in [0.1, 0.15) is 10.8 Å². The molecule has 2 heterocycles. The highest BCUT2D eigenvalue weighted by Crippen LogP contribution is 2.36. The van der Waals surface area contributed by atoms with Gasteiger partial charge in [0.15, 0.2) is 11.6 Å². The molecule has 0 aliphatic heterocycles. The van der Waals surface area contributed by atoms with Crippen molar-refractivity contribution < 1.29 is 4.74 Å². The zero-order chi connectivity index (χ0) is 22.0. The van der Waals surface area contributed by atoms with Crippen LogP contribution in [0.5, 0.6) is 5.75 Å². The number of aromatic amines is 1. The first-order valence-electron chi connectivity index (χ1n) is 9.49. The molecule has 2 aromatic carbocycles. The number of nitrogens with one attached hydrogen (secondary N) is 3. The molecule has 4 aromatic rings. The third-order valence-corrected chi connectivity index (χ3v) is 5.20. The number of hydrogen-bond acceptors (Lipinski definition) is 7. The van der Waals surface area contributed by atoms with E-state index in [9.17, 15) is 0 Å². The highest BCUT2D eigenvalue weighted by Gasteiger charge is 2.13. The van der Waals surface area contributed by atoms with Crippen molar-refractivity contribution in [3.63, 3.8) is 0 Å². The Balaban J connectivity index is 1.64. The van der Waals surface area contributed by atoms with Crippen LogP contribution in [0.2, 0.25) is 5.02 Å². The van der Waals surface area contributed by atoms with Crippen molar-refractivity contribution in [2.45, 2.75) is 18.7 Å². The third-order valence-electron chi connectivity index (χ3n) is 4.65. The van der Waals surface area contributed by atoms with Gasteiger partial charge in [0.2, 0.25) is 5.95 Å². The van der Waals surface area contributed by atoms with E-state index in [0.717, 1.165) is 33.0 Å². The molecule has 0 spiro atoms. The lowest BCUT2D eigenvalue weighted by Gasteiger charge is -2.15. The Bertz CT molecular complexity index is 1240. The van der Waals surface area contributed by atoms with Gasteiger partial charge in [-0.25, -0.2) is 4.98 Å². The molecule has 9 heteroatoms. The smallest absolute Gasteiger partial charge is 0.229 e. The van der Waals surface area contributed by atoms with Crippen LogP contribution in [0.4, 0.5) is 23.3 Å². The molecule has 7 nitrogen and oxygen atoms in total. The van der Waals surface area contributed by atoms with Crippen molar-refractivity contribution in [3.8, 4) is 16.9 Å². The van der Waals surface area contributed by atoms with Crippen molar-refractivity contribution in [3.05, 3.63) is 64.9 Å². The van der Waals surface area contributed by atoms with E-state index in [2.05, 4.69) is 43.4 Å². The average Bonchev–Trinajstić information content (AvgIpc) is 3.15. The number of nitrogens with zero attached hydrogens (tertiary/aromatic N) is 3. The van der Waals surface area contributed by atoms with Crippen molar-refractivity contribution in [2.75, 3.05) is 17.7 Å². The summed E-state index contributed by atoms with van der Waals surface area (Å²) in [6, 6.07) is 13.8. The molecule has 0 unspecified atom stereocenters. The summed E-state index contributed by atoms with van der Waals surface area (Å²) in [5, 5.41) is 13.7. The molecule has 31 heavy (non-hydrogen) atoms. The summed E-state index contributed by atoms with van der Waals surface area (Å²) in [4.78, 5) is 9.68. The van der Waals surface area contributed by atoms with E-state index in [1.54, 1.807) is 7.11 Å². The van der Waals surface area contributed by atoms with Gasteiger partial charge in [0.05, 0.1) is 19.0 Å². The Hall–Kier alpha value is -3.23. The minimum Gasteiger partial charge on any atom is -0.495 e. The molecule has 0 aliphatic carbocycles. The summed E-state index contributed by atoms with van der Waals surface area (Å²) >= 11 is 10.7. The summed E-state index contributed by atoms with van der Waals surface area (Å²) in [6.07, 6.45) is 1.53. The highest BCUT2D eigenvalue weighted by molar-refractivity contribution is 7.80. The van der Waals surface area contributed by atoms with Crippen molar-refractivity contribution >= 4 is 47.5 Å². The van der Waals surface area contributed by atoms with E-state index in [4.69, 9.17) is 16.3 Å². The summed E-state index contributed by atoms with van der Waals surface area (Å²) in [6.45, 7) is 3.96. The van der Waals surface area contributed by atoms with Gasteiger partial charge in [0.25, 0.3) is 0 Å². The number of halogens is 1. The van der Waals surface area contributed by atoms with Crippen LogP contribution in [0, 0.1) is 13.8 Å². The Morgan fingerprint density at radius 1 is 1.10 bits per heavy atom. The van der Waals surface area contributed by atoms with Gasteiger partial charge in [-0.2, -0.15) is 10.1 Å². The number of rotatable bonds is 6. The van der Waals surface area contributed by atoms with Crippen LogP contribution >= 0.6 is 24.2 Å². The van der Waals surface area contributed by atoms with Gasteiger partial charge < -0.3 is 15.4 Å². The Kier molecular flexibility index (Phi) is 6.01. The lowest BCUT2D eigenvalue weighted by molar-refractivity contribution is 0.417. The van der Waals surface area contributed by atoms with Gasteiger partial charge in [-0.1, -0.05) is 23.7 Å². The lowest BCUT2D eigenvalue weighted by Crippen LogP contribution is -2.03. The maximum Gasteiger partial charge on any atom is 0.229 e. The van der Waals surface area contributed by atoms with Crippen LogP contribution in [-0.2, 0) is 0 Å². The van der Waals surface area contributed by atoms with Crippen LogP contribution in [-0.4, -0.2) is 27.3 Å². The number of benzene rings is 2. The zero-order valence-electron chi connectivity index (χ0n) is 17.2. The minimum absolute atomic E-state index is 0.377. The van der Waals surface area contributed by atoms with E-state index in [0.29, 0.717) is 28.4 Å². The molecule has 0 amide bonds. The lowest BCUT2D eigenvalue weighted by atomic mass is 9.99. The summed E-state index contributed by atoms with van der Waals surface area (Å²) in [7, 11) is 1.63. The molecule has 0 saturated carbocycles. The molecule has 0 saturated heterocycles. The summed E-state index contributed by atoms with van der Waals surface area (Å²) in [5.41, 5.74) is 4.87. The van der Waals surface area contributed by atoms with Crippen LogP contribution in [0.25, 0.3) is 11.1 Å². The molecular weight excluding hydrogens is 432 g/mol. The average molecular weight is 453 g/mol. The summed E-state index contributed by atoms with van der Waals surface area (Å²) in [5.74, 6) is 2.11. The minimum atomic E-state index is 0.377. The normalized spacial score (nSPS) is 10.7. The molecular formula is C22H21ClN6OS. The zero-order valence-corrected chi connectivity index (χ0v) is 18.8. The molecule has 0 fully saturated rings. The molecule has 158 valence electrons. The van der Waals surface area contributed by atoms with Crippen LogP contribution in [0.3, 0.4) is 0 Å².